The number of amides is 1. The van der Waals surface area contributed by atoms with Crippen LogP contribution in [0.4, 0.5) is 4.39 Å². The Morgan fingerprint density at radius 2 is 1.94 bits per heavy atom. The van der Waals surface area contributed by atoms with Gasteiger partial charge in [0.15, 0.2) is 5.75 Å². The maximum absolute atomic E-state index is 13.4. The van der Waals surface area contributed by atoms with Crippen molar-refractivity contribution in [2.75, 3.05) is 13.2 Å². The maximum atomic E-state index is 13.4. The lowest BCUT2D eigenvalue weighted by molar-refractivity contribution is 0.0947. The van der Waals surface area contributed by atoms with E-state index in [4.69, 9.17) is 5.11 Å². The molecule has 4 aromatic rings. The normalized spacial score (nSPS) is 11.1. The van der Waals surface area contributed by atoms with Gasteiger partial charge in [0.05, 0.1) is 12.1 Å². The van der Waals surface area contributed by atoms with Gasteiger partial charge >= 0.3 is 0 Å². The Kier molecular flexibility index (Phi) is 6.98. The van der Waals surface area contributed by atoms with Gasteiger partial charge in [-0.1, -0.05) is 12.1 Å². The lowest BCUT2D eigenvalue weighted by Crippen LogP contribution is -2.34. The van der Waals surface area contributed by atoms with Crippen LogP contribution in [0.5, 0.6) is 5.75 Å². The number of unbranched alkanes of at least 4 members (excludes halogenated alkanes) is 1. The van der Waals surface area contributed by atoms with Gasteiger partial charge < -0.3 is 20.5 Å². The Hall–Kier alpha value is -4.05. The minimum absolute atomic E-state index is 0.00276. The second-order valence-electron chi connectivity index (χ2n) is 7.85. The number of hydrogen-bond acceptors (Lipinski definition) is 6. The fourth-order valence-electron chi connectivity index (χ4n) is 3.70. The zero-order valence-corrected chi connectivity index (χ0v) is 18.3. The molecule has 0 aliphatic rings. The Balaban J connectivity index is 1.78. The van der Waals surface area contributed by atoms with Gasteiger partial charge in [-0.3, -0.25) is 19.1 Å². The predicted octanol–water partition coefficient (Wildman–Crippen LogP) is 2.11. The molecule has 0 saturated heterocycles. The molecule has 0 fully saturated rings. The van der Waals surface area contributed by atoms with E-state index in [1.165, 1.54) is 16.7 Å². The van der Waals surface area contributed by atoms with E-state index >= 15 is 0 Å². The van der Waals surface area contributed by atoms with Gasteiger partial charge in [0, 0.05) is 31.7 Å². The maximum Gasteiger partial charge on any atom is 0.268 e. The summed E-state index contributed by atoms with van der Waals surface area (Å²) in [6.07, 6.45) is 6.20. The number of hydrogen-bond donors (Lipinski definition) is 4. The van der Waals surface area contributed by atoms with Crippen LogP contribution in [0.15, 0.2) is 53.7 Å². The number of nitrogens with zero attached hydrogens (tertiary/aromatic N) is 3. The van der Waals surface area contributed by atoms with Crippen LogP contribution >= 0.6 is 0 Å². The average Bonchev–Trinajstić information content (AvgIpc) is 3.34. The Labute approximate surface area is 193 Å². The molecule has 1 aromatic carbocycles. The first-order valence-corrected chi connectivity index (χ1v) is 10.8. The Morgan fingerprint density at radius 3 is 2.65 bits per heavy atom. The number of aliphatic hydroxyl groups is 1. The van der Waals surface area contributed by atoms with Crippen molar-refractivity contribution in [2.24, 2.45) is 0 Å². The minimum Gasteiger partial charge on any atom is -0.505 e. The second kappa shape index (κ2) is 10.3. The fraction of sp³-hybridized carbons (Fsp3) is 0.250. The van der Waals surface area contributed by atoms with E-state index in [1.54, 1.807) is 36.8 Å². The van der Waals surface area contributed by atoms with E-state index < -0.39 is 22.8 Å². The van der Waals surface area contributed by atoms with E-state index in [2.05, 4.69) is 20.3 Å². The molecule has 1 amide bonds. The van der Waals surface area contributed by atoms with E-state index in [1.807, 2.05) is 0 Å². The van der Waals surface area contributed by atoms with Gasteiger partial charge in [0.2, 0.25) is 0 Å². The number of aromatic amines is 1. The molecular weight excluding hydrogens is 441 g/mol. The van der Waals surface area contributed by atoms with Crippen molar-refractivity contribution in [3.05, 3.63) is 87.6 Å². The summed E-state index contributed by atoms with van der Waals surface area (Å²) in [6.45, 7) is 0.283. The van der Waals surface area contributed by atoms with Crippen LogP contribution in [0.25, 0.3) is 11.0 Å². The smallest absolute Gasteiger partial charge is 0.268 e. The third kappa shape index (κ3) is 4.96. The molecule has 10 heteroatoms. The molecule has 34 heavy (non-hydrogen) atoms. The van der Waals surface area contributed by atoms with Crippen LogP contribution in [0, 0.1) is 5.82 Å². The highest BCUT2D eigenvalue weighted by Gasteiger charge is 2.23. The van der Waals surface area contributed by atoms with Crippen LogP contribution in [0.3, 0.4) is 0 Å². The third-order valence-corrected chi connectivity index (χ3v) is 5.42. The van der Waals surface area contributed by atoms with Gasteiger partial charge in [-0.2, -0.15) is 0 Å². The molecular formula is C24H24FN5O4. The van der Waals surface area contributed by atoms with E-state index in [9.17, 15) is 19.1 Å². The molecule has 0 aliphatic carbocycles. The van der Waals surface area contributed by atoms with Crippen LogP contribution < -0.4 is 10.9 Å². The van der Waals surface area contributed by atoms with Crippen molar-refractivity contribution in [3.8, 4) is 5.75 Å². The van der Waals surface area contributed by atoms with Crippen LogP contribution in [-0.2, 0) is 13.0 Å². The first-order chi connectivity index (χ1) is 16.5. The summed E-state index contributed by atoms with van der Waals surface area (Å²) in [5.41, 5.74) is 0.964. The summed E-state index contributed by atoms with van der Waals surface area (Å²) in [5.74, 6) is -1.05. The molecule has 0 radical (unpaired) electrons. The monoisotopic (exact) mass is 465 g/mol. The Bertz CT molecular complexity index is 1350. The predicted molar refractivity (Wildman–Crippen MR) is 123 cm³/mol. The molecule has 3 heterocycles. The largest absolute Gasteiger partial charge is 0.505 e. The summed E-state index contributed by atoms with van der Waals surface area (Å²) >= 11 is 0. The Morgan fingerprint density at radius 1 is 1.15 bits per heavy atom. The molecule has 4 N–H and O–H groups in total. The van der Waals surface area contributed by atoms with Crippen molar-refractivity contribution < 1.29 is 19.4 Å². The third-order valence-electron chi connectivity index (χ3n) is 5.42. The number of imidazole rings is 1. The van der Waals surface area contributed by atoms with Crippen molar-refractivity contribution >= 4 is 16.9 Å². The number of halogens is 1. The van der Waals surface area contributed by atoms with Gasteiger partial charge in [-0.15, -0.1) is 0 Å². The number of aromatic nitrogens is 4. The number of nitrogens with one attached hydrogen (secondary N) is 2. The quantitative estimate of drug-likeness (QED) is 0.280. The topological polar surface area (TPSA) is 133 Å². The van der Waals surface area contributed by atoms with Crippen molar-refractivity contribution in [1.82, 2.24) is 24.8 Å². The molecule has 0 saturated carbocycles. The summed E-state index contributed by atoms with van der Waals surface area (Å²) in [7, 11) is 0. The van der Waals surface area contributed by atoms with Crippen molar-refractivity contribution in [1.29, 1.82) is 0 Å². The summed E-state index contributed by atoms with van der Waals surface area (Å²) < 4.78 is 14.6. The molecule has 0 aliphatic heterocycles. The standard InChI is InChI=1S/C24H24FN5O4/c25-17-5-3-15(4-6-17)11-16-12-18-21(29-13-16)22(32)20(23(33)28-7-1-2-10-31)24(34)30(18)14-19-26-8-9-27-19/h3-6,8-9,12-13,31-32H,1-2,7,10-11,14H2,(H,26,27)(H,28,33). The van der Waals surface area contributed by atoms with E-state index in [0.717, 1.165) is 11.1 Å². The second-order valence-corrected chi connectivity index (χ2v) is 7.85. The van der Waals surface area contributed by atoms with Crippen LogP contribution in [-0.4, -0.2) is 48.8 Å². The number of rotatable bonds is 9. The number of aliphatic hydroxyl groups excluding tert-OH is 1. The number of aromatic hydroxyl groups is 1. The first-order valence-electron chi connectivity index (χ1n) is 10.8. The lowest BCUT2D eigenvalue weighted by Gasteiger charge is -2.15. The summed E-state index contributed by atoms with van der Waals surface area (Å²) in [4.78, 5) is 37.6. The number of fused-ring (bicyclic) bond motifs is 1. The molecule has 3 aromatic heterocycles. The summed E-state index contributed by atoms with van der Waals surface area (Å²) in [5, 5.41) is 22.3. The molecule has 0 bridgehead atoms. The molecule has 176 valence electrons. The highest BCUT2D eigenvalue weighted by Crippen LogP contribution is 2.26. The average molecular weight is 465 g/mol. The zero-order chi connectivity index (χ0) is 24.1. The SMILES string of the molecule is O=C(NCCCCO)c1c(O)c2ncc(Cc3ccc(F)cc3)cc2n(Cc2ncc[nH]2)c1=O. The number of pyridine rings is 2. The molecule has 0 atom stereocenters. The number of H-pyrrole nitrogens is 1. The lowest BCUT2D eigenvalue weighted by atomic mass is 10.1. The zero-order valence-electron chi connectivity index (χ0n) is 18.3. The van der Waals surface area contributed by atoms with Crippen LogP contribution in [0.2, 0.25) is 0 Å². The summed E-state index contributed by atoms with van der Waals surface area (Å²) in [6, 6.07) is 7.79. The van der Waals surface area contributed by atoms with E-state index in [0.29, 0.717) is 30.6 Å². The first kappa shape index (κ1) is 23.1. The highest BCUT2D eigenvalue weighted by atomic mass is 19.1. The van der Waals surface area contributed by atoms with E-state index in [-0.39, 0.29) is 31.0 Å². The minimum atomic E-state index is -0.715. The fourth-order valence-corrected chi connectivity index (χ4v) is 3.70. The van der Waals surface area contributed by atoms with Gasteiger partial charge in [0.1, 0.15) is 22.7 Å². The number of carbonyl (C=O) groups is 1. The van der Waals surface area contributed by atoms with Gasteiger partial charge in [-0.25, -0.2) is 9.37 Å². The number of benzene rings is 1. The molecule has 4 rings (SSSR count). The highest BCUT2D eigenvalue weighted by molar-refractivity contribution is 6.01. The molecule has 9 nitrogen and oxygen atoms in total. The molecule has 0 spiro atoms. The van der Waals surface area contributed by atoms with Crippen LogP contribution in [0.1, 0.15) is 40.2 Å². The van der Waals surface area contributed by atoms with Gasteiger partial charge in [0.25, 0.3) is 11.5 Å². The van der Waals surface area contributed by atoms with Gasteiger partial charge in [-0.05, 0) is 48.6 Å². The van der Waals surface area contributed by atoms with Crippen molar-refractivity contribution in [2.45, 2.75) is 25.8 Å². The van der Waals surface area contributed by atoms with Crippen molar-refractivity contribution in [3.63, 3.8) is 0 Å². The molecule has 0 unspecified atom stereocenters. The number of carbonyl (C=O) groups excluding carboxylic acids is 1.